The molecule has 0 radical (unpaired) electrons. The fourth-order valence-electron chi connectivity index (χ4n) is 1.92. The molecule has 4 nitrogen and oxygen atoms in total. The molecule has 132 valence electrons. The summed E-state index contributed by atoms with van der Waals surface area (Å²) in [5, 5.41) is 7.53. The summed E-state index contributed by atoms with van der Waals surface area (Å²) in [6.45, 7) is 2.89. The number of nitrogens with one attached hydrogen (secondary N) is 2. The van der Waals surface area contributed by atoms with Crippen molar-refractivity contribution in [3.05, 3.63) is 60.5 Å². The van der Waals surface area contributed by atoms with Gasteiger partial charge < -0.3 is 10.1 Å². The zero-order valence-electron chi connectivity index (χ0n) is 13.4. The van der Waals surface area contributed by atoms with E-state index < -0.39 is 0 Å². The Hall–Kier alpha value is -1.01. The number of hydrogen-bond donors (Lipinski definition) is 2. The number of hydrazone groups is 1. The van der Waals surface area contributed by atoms with Gasteiger partial charge in [-0.05, 0) is 88.1 Å². The summed E-state index contributed by atoms with van der Waals surface area (Å²) in [4.78, 5) is 0. The van der Waals surface area contributed by atoms with E-state index in [1.165, 1.54) is 6.07 Å². The molecule has 2 N–H and O–H groups in total. The number of halogens is 3. The predicted octanol–water partition coefficient (Wildman–Crippen LogP) is 4.43. The monoisotopic (exact) mass is 583 g/mol. The quantitative estimate of drug-likeness (QED) is 0.229. The summed E-state index contributed by atoms with van der Waals surface area (Å²) in [5.74, 6) is 0.469. The Morgan fingerprint density at radius 3 is 2.60 bits per heavy atom. The van der Waals surface area contributed by atoms with Crippen LogP contribution in [0.2, 0.25) is 0 Å². The Morgan fingerprint density at radius 1 is 1.28 bits per heavy atom. The molecule has 2 aromatic rings. The van der Waals surface area contributed by atoms with Crippen molar-refractivity contribution < 1.29 is 9.13 Å². The Labute approximate surface area is 178 Å². The maximum absolute atomic E-state index is 13.7. The zero-order valence-corrected chi connectivity index (χ0v) is 18.5. The summed E-state index contributed by atoms with van der Waals surface area (Å²) in [7, 11) is 0. The van der Waals surface area contributed by atoms with Crippen molar-refractivity contribution in [1.29, 1.82) is 0 Å². The second kappa shape index (κ2) is 10.2. The van der Waals surface area contributed by atoms with Gasteiger partial charge in [-0.3, -0.25) is 5.43 Å². The largest absolute Gasteiger partial charge is 0.487 e. The summed E-state index contributed by atoms with van der Waals surface area (Å²) in [5.41, 5.74) is 4.19. The minimum absolute atomic E-state index is 0.185. The molecular weight excluding hydrogens is 567 g/mol. The maximum atomic E-state index is 13.7. The number of rotatable bonds is 6. The Morgan fingerprint density at radius 2 is 1.96 bits per heavy atom. The van der Waals surface area contributed by atoms with E-state index >= 15 is 0 Å². The van der Waals surface area contributed by atoms with Gasteiger partial charge >= 0.3 is 0 Å². The van der Waals surface area contributed by atoms with Gasteiger partial charge in [-0.15, -0.1) is 0 Å². The number of hydrogen-bond acceptors (Lipinski definition) is 3. The van der Waals surface area contributed by atoms with E-state index in [4.69, 9.17) is 17.0 Å². The van der Waals surface area contributed by atoms with E-state index in [0.717, 1.165) is 25.0 Å². The molecule has 0 atom stereocenters. The second-order valence-corrected chi connectivity index (χ2v) is 7.66. The molecule has 0 saturated heterocycles. The lowest BCUT2D eigenvalue weighted by Gasteiger charge is -2.12. The van der Waals surface area contributed by atoms with Crippen molar-refractivity contribution in [2.24, 2.45) is 5.10 Å². The van der Waals surface area contributed by atoms with Crippen LogP contribution in [0, 0.1) is 13.0 Å². The van der Waals surface area contributed by atoms with Crippen LogP contribution in [0.25, 0.3) is 0 Å². The average molecular weight is 583 g/mol. The van der Waals surface area contributed by atoms with Crippen molar-refractivity contribution in [3.63, 3.8) is 0 Å². The summed E-state index contributed by atoms with van der Waals surface area (Å²) < 4.78 is 21.4. The van der Waals surface area contributed by atoms with Gasteiger partial charge in [-0.1, -0.05) is 18.2 Å². The van der Waals surface area contributed by atoms with Gasteiger partial charge in [0.15, 0.2) is 5.11 Å². The zero-order chi connectivity index (χ0) is 18.2. The Kier molecular flexibility index (Phi) is 8.30. The number of nitrogens with zero attached hydrogens (tertiary/aromatic N) is 1. The van der Waals surface area contributed by atoms with Gasteiger partial charge in [0, 0.05) is 12.1 Å². The number of ether oxygens (including phenoxy) is 1. The minimum atomic E-state index is -0.265. The smallest absolute Gasteiger partial charge is 0.186 e. The molecule has 0 fully saturated rings. The molecule has 0 spiro atoms. The van der Waals surface area contributed by atoms with Gasteiger partial charge in [0.25, 0.3) is 0 Å². The molecule has 0 aromatic heterocycles. The lowest BCUT2D eigenvalue weighted by atomic mass is 10.2. The van der Waals surface area contributed by atoms with Crippen LogP contribution >= 0.6 is 57.4 Å². The van der Waals surface area contributed by atoms with Gasteiger partial charge in [0.2, 0.25) is 0 Å². The van der Waals surface area contributed by atoms with Crippen LogP contribution in [0.3, 0.4) is 0 Å². The van der Waals surface area contributed by atoms with Gasteiger partial charge in [0.1, 0.15) is 18.2 Å². The molecule has 25 heavy (non-hydrogen) atoms. The number of thiocarbonyl (C=S) groups is 1. The molecule has 2 rings (SSSR count). The molecule has 8 heteroatoms. The van der Waals surface area contributed by atoms with Gasteiger partial charge in [-0.25, -0.2) is 4.39 Å². The van der Waals surface area contributed by atoms with Crippen molar-refractivity contribution in [3.8, 4) is 5.75 Å². The van der Waals surface area contributed by atoms with Crippen LogP contribution in [0.1, 0.15) is 18.1 Å². The SMILES string of the molecule is CCNC(=S)N/N=C\c1cc(I)c(OCc2ccccc2F)c(I)c1. The van der Waals surface area contributed by atoms with Crippen molar-refractivity contribution >= 4 is 68.7 Å². The summed E-state index contributed by atoms with van der Waals surface area (Å²) >= 11 is 9.44. The normalized spacial score (nSPS) is 10.7. The fraction of sp³-hybridized carbons (Fsp3) is 0.176. The minimum Gasteiger partial charge on any atom is -0.487 e. The molecule has 0 unspecified atom stereocenters. The first kappa shape index (κ1) is 20.3. The van der Waals surface area contributed by atoms with Crippen molar-refractivity contribution in [2.75, 3.05) is 6.54 Å². The van der Waals surface area contributed by atoms with E-state index in [1.54, 1.807) is 24.4 Å². The second-order valence-electron chi connectivity index (χ2n) is 4.92. The third kappa shape index (κ3) is 6.33. The lowest BCUT2D eigenvalue weighted by Crippen LogP contribution is -2.31. The molecule has 0 aliphatic carbocycles. The van der Waals surface area contributed by atoms with Crippen LogP contribution in [0.5, 0.6) is 5.75 Å². The Balaban J connectivity index is 2.05. The van der Waals surface area contributed by atoms with Crippen LogP contribution in [0.4, 0.5) is 4.39 Å². The molecule has 0 aliphatic heterocycles. The van der Waals surface area contributed by atoms with E-state index in [9.17, 15) is 4.39 Å². The maximum Gasteiger partial charge on any atom is 0.186 e. The predicted molar refractivity (Wildman–Crippen MR) is 120 cm³/mol. The van der Waals surface area contributed by atoms with Gasteiger partial charge in [-0.2, -0.15) is 5.10 Å². The molecule has 0 saturated carbocycles. The average Bonchev–Trinajstić information content (AvgIpc) is 2.56. The standard InChI is InChI=1S/C17H16FI2N3OS/c1-2-21-17(25)23-22-9-11-7-14(19)16(15(20)8-11)24-10-12-5-3-4-6-13(12)18/h3-9H,2,10H2,1H3,(H2,21,23,25)/b22-9-. The van der Waals surface area contributed by atoms with Crippen LogP contribution < -0.4 is 15.5 Å². The first-order chi connectivity index (χ1) is 12.0. The molecule has 0 aliphatic rings. The van der Waals surface area contributed by atoms with Gasteiger partial charge in [0.05, 0.1) is 13.4 Å². The van der Waals surface area contributed by atoms with Crippen molar-refractivity contribution in [2.45, 2.75) is 13.5 Å². The number of benzene rings is 2. The first-order valence-electron chi connectivity index (χ1n) is 7.43. The Bertz CT molecular complexity index is 763. The molecule has 0 bridgehead atoms. The summed E-state index contributed by atoms with van der Waals surface area (Å²) in [6, 6.07) is 10.5. The molecular formula is C17H16FI2N3OS. The van der Waals surface area contributed by atoms with E-state index in [2.05, 4.69) is 61.0 Å². The lowest BCUT2D eigenvalue weighted by molar-refractivity contribution is 0.295. The molecule has 0 amide bonds. The third-order valence-corrected chi connectivity index (χ3v) is 4.91. The van der Waals surface area contributed by atoms with Crippen LogP contribution in [-0.2, 0) is 6.61 Å². The first-order valence-corrected chi connectivity index (χ1v) is 10.00. The fourth-order valence-corrected chi connectivity index (χ4v) is 4.25. The van der Waals surface area contributed by atoms with Crippen LogP contribution in [-0.4, -0.2) is 17.9 Å². The highest BCUT2D eigenvalue weighted by atomic mass is 127. The highest BCUT2D eigenvalue weighted by molar-refractivity contribution is 14.1. The molecule has 0 heterocycles. The van der Waals surface area contributed by atoms with Crippen molar-refractivity contribution in [1.82, 2.24) is 10.7 Å². The van der Waals surface area contributed by atoms with Crippen LogP contribution in [0.15, 0.2) is 41.5 Å². The van der Waals surface area contributed by atoms with E-state index in [-0.39, 0.29) is 12.4 Å². The van der Waals surface area contributed by atoms with E-state index in [0.29, 0.717) is 10.7 Å². The topological polar surface area (TPSA) is 45.7 Å². The molecule has 2 aromatic carbocycles. The third-order valence-electron chi connectivity index (χ3n) is 3.07. The highest BCUT2D eigenvalue weighted by Crippen LogP contribution is 2.29. The van der Waals surface area contributed by atoms with E-state index in [1.807, 2.05) is 19.1 Å². The summed E-state index contributed by atoms with van der Waals surface area (Å²) in [6.07, 6.45) is 1.69. The highest BCUT2D eigenvalue weighted by Gasteiger charge is 2.10.